The molecule has 6 nitrogen and oxygen atoms in total. The second kappa shape index (κ2) is 7.86. The van der Waals surface area contributed by atoms with E-state index in [1.54, 1.807) is 24.4 Å². The molecule has 0 unspecified atom stereocenters. The quantitative estimate of drug-likeness (QED) is 0.516. The largest absolute Gasteiger partial charge is 0.440 e. The predicted molar refractivity (Wildman–Crippen MR) is 108 cm³/mol. The number of rotatable bonds is 6. The van der Waals surface area contributed by atoms with E-state index in [1.165, 1.54) is 0 Å². The maximum absolute atomic E-state index is 12.4. The topological polar surface area (TPSA) is 83.8 Å². The molecule has 28 heavy (non-hydrogen) atoms. The fraction of sp³-hybridized carbons (Fsp3) is 0.190. The van der Waals surface area contributed by atoms with Gasteiger partial charge in [0.15, 0.2) is 11.5 Å². The van der Waals surface area contributed by atoms with Crippen LogP contribution in [0.15, 0.2) is 53.1 Å². The van der Waals surface area contributed by atoms with Crippen molar-refractivity contribution in [2.24, 2.45) is 0 Å². The standard InChI is InChI=1S/C21H19ClN4O2/c1-13-12-24-19(25-13)7-8-23-21(27)15-5-6-17-18(11-15)28-20(26-17)10-14-3-2-4-16(22)9-14/h2-6,9,11-12H,7-8,10H2,1H3,(H,23,27)(H,24,25). The molecule has 0 fully saturated rings. The number of oxazole rings is 1. The number of carbonyl (C=O) groups is 1. The van der Waals surface area contributed by atoms with Crippen molar-refractivity contribution >= 4 is 28.6 Å². The second-order valence-electron chi connectivity index (χ2n) is 6.62. The zero-order chi connectivity index (χ0) is 19.5. The first-order chi connectivity index (χ1) is 13.6. The Hall–Kier alpha value is -3.12. The highest BCUT2D eigenvalue weighted by molar-refractivity contribution is 6.30. The Labute approximate surface area is 167 Å². The molecular formula is C21H19ClN4O2. The molecule has 2 aromatic heterocycles. The lowest BCUT2D eigenvalue weighted by molar-refractivity contribution is 0.0954. The van der Waals surface area contributed by atoms with Gasteiger partial charge in [0.1, 0.15) is 11.3 Å². The highest BCUT2D eigenvalue weighted by Crippen LogP contribution is 2.20. The molecule has 0 aliphatic carbocycles. The monoisotopic (exact) mass is 394 g/mol. The van der Waals surface area contributed by atoms with Gasteiger partial charge in [-0.3, -0.25) is 4.79 Å². The first-order valence-electron chi connectivity index (χ1n) is 8.99. The van der Waals surface area contributed by atoms with Crippen LogP contribution in [0.3, 0.4) is 0 Å². The van der Waals surface area contributed by atoms with Crippen molar-refractivity contribution in [3.8, 4) is 0 Å². The van der Waals surface area contributed by atoms with Crippen LogP contribution in [-0.4, -0.2) is 27.4 Å². The van der Waals surface area contributed by atoms with Crippen LogP contribution in [0.4, 0.5) is 0 Å². The van der Waals surface area contributed by atoms with Gasteiger partial charge in [-0.05, 0) is 42.8 Å². The number of hydrogen-bond donors (Lipinski definition) is 2. The highest BCUT2D eigenvalue weighted by atomic mass is 35.5. The fourth-order valence-electron chi connectivity index (χ4n) is 3.00. The molecule has 0 bridgehead atoms. The summed E-state index contributed by atoms with van der Waals surface area (Å²) in [4.78, 5) is 24.3. The molecule has 2 aromatic carbocycles. The van der Waals surface area contributed by atoms with Gasteiger partial charge in [0.05, 0.1) is 0 Å². The van der Waals surface area contributed by atoms with Gasteiger partial charge >= 0.3 is 0 Å². The molecule has 142 valence electrons. The lowest BCUT2D eigenvalue weighted by Gasteiger charge is -2.03. The van der Waals surface area contributed by atoms with E-state index in [2.05, 4.69) is 20.3 Å². The fourth-order valence-corrected chi connectivity index (χ4v) is 3.21. The van der Waals surface area contributed by atoms with Gasteiger partial charge in [-0.25, -0.2) is 9.97 Å². The van der Waals surface area contributed by atoms with E-state index in [1.807, 2.05) is 31.2 Å². The first-order valence-corrected chi connectivity index (χ1v) is 9.37. The van der Waals surface area contributed by atoms with E-state index in [0.717, 1.165) is 22.6 Å². The van der Waals surface area contributed by atoms with Crippen LogP contribution >= 0.6 is 11.6 Å². The summed E-state index contributed by atoms with van der Waals surface area (Å²) in [5, 5.41) is 3.58. The summed E-state index contributed by atoms with van der Waals surface area (Å²) in [5.41, 5.74) is 3.87. The Morgan fingerprint density at radius 1 is 1.25 bits per heavy atom. The van der Waals surface area contributed by atoms with Crippen molar-refractivity contribution < 1.29 is 9.21 Å². The normalized spacial score (nSPS) is 11.1. The van der Waals surface area contributed by atoms with E-state index in [-0.39, 0.29) is 5.91 Å². The number of nitrogens with one attached hydrogen (secondary N) is 2. The third-order valence-electron chi connectivity index (χ3n) is 4.34. The number of hydrogen-bond acceptors (Lipinski definition) is 4. The molecule has 2 N–H and O–H groups in total. The molecule has 2 heterocycles. The molecule has 7 heteroatoms. The highest BCUT2D eigenvalue weighted by Gasteiger charge is 2.11. The third-order valence-corrected chi connectivity index (χ3v) is 4.58. The van der Waals surface area contributed by atoms with E-state index in [4.69, 9.17) is 16.0 Å². The Kier molecular flexibility index (Phi) is 5.12. The number of benzene rings is 2. The van der Waals surface area contributed by atoms with E-state index < -0.39 is 0 Å². The summed E-state index contributed by atoms with van der Waals surface area (Å²) in [7, 11) is 0. The zero-order valence-electron chi connectivity index (χ0n) is 15.3. The zero-order valence-corrected chi connectivity index (χ0v) is 16.1. The van der Waals surface area contributed by atoms with Crippen molar-refractivity contribution in [2.45, 2.75) is 19.8 Å². The van der Waals surface area contributed by atoms with E-state index in [0.29, 0.717) is 41.4 Å². The molecule has 1 amide bonds. The molecule has 4 rings (SSSR count). The van der Waals surface area contributed by atoms with Crippen molar-refractivity contribution in [2.75, 3.05) is 6.54 Å². The van der Waals surface area contributed by atoms with Gasteiger partial charge in [-0.1, -0.05) is 23.7 Å². The van der Waals surface area contributed by atoms with E-state index in [9.17, 15) is 4.79 Å². The number of halogens is 1. The predicted octanol–water partition coefficient (Wildman–Crippen LogP) is 4.08. The van der Waals surface area contributed by atoms with Crippen LogP contribution < -0.4 is 5.32 Å². The molecular weight excluding hydrogens is 376 g/mol. The molecule has 0 atom stereocenters. The van der Waals surface area contributed by atoms with Crippen molar-refractivity contribution in [3.05, 3.63) is 82.2 Å². The van der Waals surface area contributed by atoms with Crippen LogP contribution in [0.1, 0.15) is 33.3 Å². The van der Waals surface area contributed by atoms with Crippen LogP contribution in [0.5, 0.6) is 0 Å². The number of aromatic nitrogens is 3. The maximum atomic E-state index is 12.4. The average Bonchev–Trinajstić information content (AvgIpc) is 3.26. The van der Waals surface area contributed by atoms with E-state index >= 15 is 0 Å². The minimum atomic E-state index is -0.155. The van der Waals surface area contributed by atoms with Gasteiger partial charge in [-0.15, -0.1) is 0 Å². The van der Waals surface area contributed by atoms with Gasteiger partial charge in [0.25, 0.3) is 5.91 Å². The molecule has 0 saturated carbocycles. The van der Waals surface area contributed by atoms with Crippen LogP contribution in [0, 0.1) is 6.92 Å². The Morgan fingerprint density at radius 3 is 2.93 bits per heavy atom. The van der Waals surface area contributed by atoms with Crippen molar-refractivity contribution in [1.29, 1.82) is 0 Å². The Bertz CT molecular complexity index is 1130. The average molecular weight is 395 g/mol. The molecule has 0 aliphatic heterocycles. The van der Waals surface area contributed by atoms with Crippen LogP contribution in [-0.2, 0) is 12.8 Å². The maximum Gasteiger partial charge on any atom is 0.251 e. The van der Waals surface area contributed by atoms with Crippen molar-refractivity contribution in [3.63, 3.8) is 0 Å². The first kappa shape index (κ1) is 18.3. The summed E-state index contributed by atoms with van der Waals surface area (Å²) in [6, 6.07) is 12.8. The summed E-state index contributed by atoms with van der Waals surface area (Å²) in [6.45, 7) is 2.45. The number of aromatic amines is 1. The number of amides is 1. The summed E-state index contributed by atoms with van der Waals surface area (Å²) in [5.74, 6) is 1.29. The Morgan fingerprint density at radius 2 is 2.14 bits per heavy atom. The number of nitrogens with zero attached hydrogens (tertiary/aromatic N) is 2. The number of carbonyl (C=O) groups excluding carboxylic acids is 1. The molecule has 0 spiro atoms. The van der Waals surface area contributed by atoms with Crippen LogP contribution in [0.2, 0.25) is 5.02 Å². The minimum absolute atomic E-state index is 0.155. The number of H-pyrrole nitrogens is 1. The molecule has 0 saturated heterocycles. The summed E-state index contributed by atoms with van der Waals surface area (Å²) < 4.78 is 5.83. The lowest BCUT2D eigenvalue weighted by Crippen LogP contribution is -2.25. The smallest absolute Gasteiger partial charge is 0.251 e. The number of fused-ring (bicyclic) bond motifs is 1. The molecule has 0 aliphatic rings. The molecule has 0 radical (unpaired) electrons. The number of aryl methyl sites for hydroxylation is 1. The summed E-state index contributed by atoms with van der Waals surface area (Å²) in [6.07, 6.45) is 2.96. The number of imidazole rings is 1. The van der Waals surface area contributed by atoms with Gasteiger partial charge in [0.2, 0.25) is 0 Å². The van der Waals surface area contributed by atoms with Gasteiger partial charge < -0.3 is 14.7 Å². The van der Waals surface area contributed by atoms with Crippen LogP contribution in [0.25, 0.3) is 11.1 Å². The summed E-state index contributed by atoms with van der Waals surface area (Å²) >= 11 is 6.03. The minimum Gasteiger partial charge on any atom is -0.440 e. The lowest BCUT2D eigenvalue weighted by atomic mass is 10.1. The van der Waals surface area contributed by atoms with Gasteiger partial charge in [-0.2, -0.15) is 0 Å². The second-order valence-corrected chi connectivity index (χ2v) is 7.05. The SMILES string of the molecule is Cc1cnc(CCNC(=O)c2ccc3nc(Cc4cccc(Cl)c4)oc3c2)[nH]1. The van der Waals surface area contributed by atoms with Gasteiger partial charge in [0, 0.05) is 41.9 Å². The van der Waals surface area contributed by atoms with Crippen molar-refractivity contribution in [1.82, 2.24) is 20.3 Å². The molecule has 4 aromatic rings. The third kappa shape index (κ3) is 4.23. The Balaban J connectivity index is 1.42.